The summed E-state index contributed by atoms with van der Waals surface area (Å²) in [6.45, 7) is 0. The maximum Gasteiger partial charge on any atom is 0.369 e. The van der Waals surface area contributed by atoms with Crippen LogP contribution in [0.2, 0.25) is 0 Å². The van der Waals surface area contributed by atoms with E-state index in [1.165, 1.54) is 14.2 Å². The van der Waals surface area contributed by atoms with E-state index in [0.29, 0.717) is 5.56 Å². The molecular formula is C16H16O4. The van der Waals surface area contributed by atoms with Crippen molar-refractivity contribution in [3.63, 3.8) is 0 Å². The fourth-order valence-corrected chi connectivity index (χ4v) is 2.15. The van der Waals surface area contributed by atoms with Crippen molar-refractivity contribution in [3.05, 3.63) is 60.2 Å². The molecule has 4 nitrogen and oxygen atoms in total. The summed E-state index contributed by atoms with van der Waals surface area (Å²) in [4.78, 5) is 11.5. The average molecular weight is 272 g/mol. The number of methoxy groups -OCH3 is 2. The molecule has 0 radical (unpaired) electrons. The molecule has 4 heteroatoms. The van der Waals surface area contributed by atoms with E-state index in [9.17, 15) is 9.90 Å². The lowest BCUT2D eigenvalue weighted by Gasteiger charge is -2.26. The van der Waals surface area contributed by atoms with Gasteiger partial charge in [-0.3, -0.25) is 0 Å². The van der Waals surface area contributed by atoms with Crippen molar-refractivity contribution >= 4 is 5.97 Å². The Balaban J connectivity index is 2.51. The molecule has 1 N–H and O–H groups in total. The van der Waals surface area contributed by atoms with E-state index in [-0.39, 0.29) is 0 Å². The van der Waals surface area contributed by atoms with E-state index < -0.39 is 11.8 Å². The first kappa shape index (κ1) is 14.2. The van der Waals surface area contributed by atoms with Gasteiger partial charge in [0.1, 0.15) is 0 Å². The van der Waals surface area contributed by atoms with Gasteiger partial charge in [0.2, 0.25) is 0 Å². The normalized spacial score (nSPS) is 11.3. The lowest BCUT2D eigenvalue weighted by molar-refractivity contribution is -0.231. The lowest BCUT2D eigenvalue weighted by atomic mass is 9.98. The second-order valence-electron chi connectivity index (χ2n) is 4.28. The van der Waals surface area contributed by atoms with E-state index in [4.69, 9.17) is 9.47 Å². The Bertz CT molecular complexity index is 588. The highest BCUT2D eigenvalue weighted by Crippen LogP contribution is 2.30. The summed E-state index contributed by atoms with van der Waals surface area (Å²) in [6.07, 6.45) is 0. The first-order valence-electron chi connectivity index (χ1n) is 6.13. The minimum absolute atomic E-state index is 0.441. The molecule has 0 fully saturated rings. The molecule has 2 aromatic carbocycles. The lowest BCUT2D eigenvalue weighted by Crippen LogP contribution is -2.39. The predicted molar refractivity (Wildman–Crippen MR) is 75.2 cm³/mol. The maximum absolute atomic E-state index is 11.5. The van der Waals surface area contributed by atoms with Crippen molar-refractivity contribution in [1.82, 2.24) is 0 Å². The van der Waals surface area contributed by atoms with Crippen LogP contribution in [0.15, 0.2) is 54.6 Å². The first-order chi connectivity index (χ1) is 9.64. The Morgan fingerprint density at radius 2 is 1.55 bits per heavy atom. The van der Waals surface area contributed by atoms with Crippen molar-refractivity contribution in [2.24, 2.45) is 0 Å². The zero-order chi connectivity index (χ0) is 14.6. The topological polar surface area (TPSA) is 55.8 Å². The summed E-state index contributed by atoms with van der Waals surface area (Å²) < 4.78 is 10.2. The highest BCUT2D eigenvalue weighted by atomic mass is 16.7. The van der Waals surface area contributed by atoms with Crippen LogP contribution in [0.1, 0.15) is 5.56 Å². The quantitative estimate of drug-likeness (QED) is 0.850. The molecule has 2 aromatic rings. The molecule has 0 aliphatic heterocycles. The van der Waals surface area contributed by atoms with Crippen molar-refractivity contribution in [2.45, 2.75) is 5.79 Å². The van der Waals surface area contributed by atoms with Crippen LogP contribution in [0.25, 0.3) is 11.1 Å². The minimum atomic E-state index is -1.79. The zero-order valence-electron chi connectivity index (χ0n) is 11.4. The Morgan fingerprint density at radius 1 is 0.950 bits per heavy atom. The number of carboxylic acids is 1. The largest absolute Gasteiger partial charge is 0.477 e. The number of carbonyl (C=O) groups is 1. The van der Waals surface area contributed by atoms with Gasteiger partial charge in [-0.05, 0) is 17.2 Å². The summed E-state index contributed by atoms with van der Waals surface area (Å²) in [6, 6.07) is 16.8. The molecule has 0 aliphatic carbocycles. The molecular weight excluding hydrogens is 256 g/mol. The van der Waals surface area contributed by atoms with Crippen LogP contribution in [0.3, 0.4) is 0 Å². The second-order valence-corrected chi connectivity index (χ2v) is 4.28. The monoisotopic (exact) mass is 272 g/mol. The number of rotatable bonds is 5. The van der Waals surface area contributed by atoms with Crippen LogP contribution < -0.4 is 0 Å². The highest BCUT2D eigenvalue weighted by molar-refractivity contribution is 5.78. The summed E-state index contributed by atoms with van der Waals surface area (Å²) in [5, 5.41) is 9.39. The third-order valence-corrected chi connectivity index (χ3v) is 3.21. The molecule has 0 aliphatic rings. The fourth-order valence-electron chi connectivity index (χ4n) is 2.15. The van der Waals surface area contributed by atoms with Crippen LogP contribution >= 0.6 is 0 Å². The highest BCUT2D eigenvalue weighted by Gasteiger charge is 2.41. The average Bonchev–Trinajstić information content (AvgIpc) is 2.50. The molecule has 104 valence electrons. The van der Waals surface area contributed by atoms with Crippen molar-refractivity contribution < 1.29 is 19.4 Å². The Kier molecular flexibility index (Phi) is 4.17. The summed E-state index contributed by atoms with van der Waals surface area (Å²) in [5.74, 6) is -2.97. The number of ether oxygens (including phenoxy) is 2. The van der Waals surface area contributed by atoms with Crippen LogP contribution in [0.5, 0.6) is 0 Å². The van der Waals surface area contributed by atoms with Gasteiger partial charge in [-0.1, -0.05) is 48.5 Å². The number of hydrogen-bond acceptors (Lipinski definition) is 3. The van der Waals surface area contributed by atoms with Gasteiger partial charge in [-0.25, -0.2) is 4.79 Å². The van der Waals surface area contributed by atoms with Crippen LogP contribution in [0.4, 0.5) is 0 Å². The van der Waals surface area contributed by atoms with Gasteiger partial charge in [-0.15, -0.1) is 0 Å². The third kappa shape index (κ3) is 2.43. The van der Waals surface area contributed by atoms with E-state index in [1.807, 2.05) is 36.4 Å². The molecule has 0 aromatic heterocycles. The first-order valence-corrected chi connectivity index (χ1v) is 6.13. The Labute approximate surface area is 117 Å². The summed E-state index contributed by atoms with van der Waals surface area (Å²) >= 11 is 0. The van der Waals surface area contributed by atoms with Gasteiger partial charge in [0.05, 0.1) is 0 Å². The van der Waals surface area contributed by atoms with E-state index in [2.05, 4.69) is 0 Å². The van der Waals surface area contributed by atoms with Gasteiger partial charge in [0.25, 0.3) is 5.79 Å². The van der Waals surface area contributed by atoms with E-state index in [0.717, 1.165) is 11.1 Å². The van der Waals surface area contributed by atoms with Crippen molar-refractivity contribution in [3.8, 4) is 11.1 Å². The van der Waals surface area contributed by atoms with Gasteiger partial charge in [-0.2, -0.15) is 0 Å². The second kappa shape index (κ2) is 5.86. The summed E-state index contributed by atoms with van der Waals surface area (Å²) in [7, 11) is 2.62. The maximum atomic E-state index is 11.5. The standard InChI is InChI=1S/C16H16O4/c1-19-16(20-2,15(17)18)14-10-6-9-13(11-14)12-7-4-3-5-8-12/h3-11H,1-2H3,(H,17,18). The van der Waals surface area contributed by atoms with Gasteiger partial charge in [0.15, 0.2) is 0 Å². The predicted octanol–water partition coefficient (Wildman–Crippen LogP) is 2.88. The number of hydrogen-bond donors (Lipinski definition) is 1. The van der Waals surface area contributed by atoms with E-state index >= 15 is 0 Å². The molecule has 0 heterocycles. The molecule has 20 heavy (non-hydrogen) atoms. The van der Waals surface area contributed by atoms with Gasteiger partial charge in [0, 0.05) is 19.8 Å². The van der Waals surface area contributed by atoms with Crippen LogP contribution in [-0.2, 0) is 20.1 Å². The van der Waals surface area contributed by atoms with Crippen LogP contribution in [-0.4, -0.2) is 25.3 Å². The molecule has 0 spiro atoms. The fraction of sp³-hybridized carbons (Fsp3) is 0.188. The zero-order valence-corrected chi connectivity index (χ0v) is 11.4. The molecule has 0 atom stereocenters. The Morgan fingerprint density at radius 3 is 2.10 bits per heavy atom. The molecule has 0 amide bonds. The molecule has 0 saturated carbocycles. The number of aliphatic carboxylic acids is 1. The van der Waals surface area contributed by atoms with Crippen LogP contribution in [0, 0.1) is 0 Å². The Hall–Kier alpha value is -2.17. The molecule has 2 rings (SSSR count). The van der Waals surface area contributed by atoms with Gasteiger partial charge < -0.3 is 14.6 Å². The third-order valence-electron chi connectivity index (χ3n) is 3.21. The SMILES string of the molecule is COC(OC)(C(=O)O)c1cccc(-c2ccccc2)c1. The molecule has 0 saturated heterocycles. The number of carboxylic acid groups (broad SMARTS) is 1. The number of benzene rings is 2. The summed E-state index contributed by atoms with van der Waals surface area (Å²) in [5.41, 5.74) is 2.35. The van der Waals surface area contributed by atoms with Crippen molar-refractivity contribution in [2.75, 3.05) is 14.2 Å². The van der Waals surface area contributed by atoms with E-state index in [1.54, 1.807) is 18.2 Å². The molecule has 0 bridgehead atoms. The smallest absolute Gasteiger partial charge is 0.369 e. The van der Waals surface area contributed by atoms with Gasteiger partial charge >= 0.3 is 5.97 Å². The van der Waals surface area contributed by atoms with Crippen molar-refractivity contribution in [1.29, 1.82) is 0 Å². The molecule has 0 unspecified atom stereocenters. The minimum Gasteiger partial charge on any atom is -0.477 e.